The van der Waals surface area contributed by atoms with Crippen molar-refractivity contribution < 1.29 is 9.59 Å². The van der Waals surface area contributed by atoms with Crippen molar-refractivity contribution in [2.24, 2.45) is 0 Å². The number of nitrogens with zero attached hydrogens (tertiary/aromatic N) is 2. The highest BCUT2D eigenvalue weighted by molar-refractivity contribution is 5.98. The van der Waals surface area contributed by atoms with Crippen molar-refractivity contribution in [1.29, 1.82) is 0 Å². The second-order valence-electron chi connectivity index (χ2n) is 6.22. The van der Waals surface area contributed by atoms with E-state index in [1.165, 1.54) is 0 Å². The molecule has 6 nitrogen and oxygen atoms in total. The molecule has 0 radical (unpaired) electrons. The van der Waals surface area contributed by atoms with Crippen molar-refractivity contribution in [3.05, 3.63) is 77.6 Å². The first-order valence-electron chi connectivity index (χ1n) is 8.49. The molecule has 1 aromatic heterocycles. The predicted molar refractivity (Wildman–Crippen MR) is 98.4 cm³/mol. The van der Waals surface area contributed by atoms with E-state index in [1.54, 1.807) is 23.0 Å². The first-order valence-corrected chi connectivity index (χ1v) is 8.49. The zero-order chi connectivity index (χ0) is 17.9. The van der Waals surface area contributed by atoms with Crippen molar-refractivity contribution in [2.75, 3.05) is 11.9 Å². The van der Waals surface area contributed by atoms with E-state index in [9.17, 15) is 9.59 Å². The third kappa shape index (κ3) is 3.35. The van der Waals surface area contributed by atoms with Crippen LogP contribution in [0, 0.1) is 0 Å². The summed E-state index contributed by atoms with van der Waals surface area (Å²) in [6.07, 6.45) is 4.66. The minimum atomic E-state index is -0.0861. The number of fused-ring (bicyclic) bond motifs is 1. The quantitative estimate of drug-likeness (QED) is 0.761. The van der Waals surface area contributed by atoms with Crippen LogP contribution in [0.3, 0.4) is 0 Å². The number of aromatic nitrogens is 2. The van der Waals surface area contributed by atoms with Gasteiger partial charge in [-0.05, 0) is 53.9 Å². The van der Waals surface area contributed by atoms with Crippen molar-refractivity contribution in [2.45, 2.75) is 12.8 Å². The fraction of sp³-hybridized carbons (Fsp3) is 0.150. The maximum Gasteiger partial charge on any atom is 0.251 e. The largest absolute Gasteiger partial charge is 0.352 e. The van der Waals surface area contributed by atoms with Crippen LogP contribution in [0.5, 0.6) is 0 Å². The Hall–Kier alpha value is -3.41. The summed E-state index contributed by atoms with van der Waals surface area (Å²) in [6, 6.07) is 15.0. The van der Waals surface area contributed by atoms with E-state index in [4.69, 9.17) is 0 Å². The predicted octanol–water partition coefficient (Wildman–Crippen LogP) is 2.34. The Morgan fingerprint density at radius 2 is 2.04 bits per heavy atom. The highest BCUT2D eigenvalue weighted by Gasteiger charge is 2.17. The zero-order valence-electron chi connectivity index (χ0n) is 14.1. The lowest BCUT2D eigenvalue weighted by molar-refractivity contribution is -0.115. The fourth-order valence-electron chi connectivity index (χ4n) is 3.08. The van der Waals surface area contributed by atoms with Gasteiger partial charge in [-0.15, -0.1) is 0 Å². The van der Waals surface area contributed by atoms with Crippen LogP contribution in [0.1, 0.15) is 21.5 Å². The van der Waals surface area contributed by atoms with Gasteiger partial charge in [-0.25, -0.2) is 4.68 Å². The molecule has 6 heteroatoms. The molecule has 0 unspecified atom stereocenters. The molecule has 4 rings (SSSR count). The summed E-state index contributed by atoms with van der Waals surface area (Å²) in [7, 11) is 0. The summed E-state index contributed by atoms with van der Waals surface area (Å²) in [5.41, 5.74) is 4.25. The van der Waals surface area contributed by atoms with Gasteiger partial charge in [-0.2, -0.15) is 5.10 Å². The third-order valence-corrected chi connectivity index (χ3v) is 4.38. The van der Waals surface area contributed by atoms with Crippen LogP contribution in [-0.4, -0.2) is 28.1 Å². The van der Waals surface area contributed by atoms with E-state index in [0.29, 0.717) is 12.1 Å². The maximum atomic E-state index is 12.3. The summed E-state index contributed by atoms with van der Waals surface area (Å²) in [4.78, 5) is 24.1. The summed E-state index contributed by atoms with van der Waals surface area (Å²) < 4.78 is 1.77. The molecular weight excluding hydrogens is 328 g/mol. The van der Waals surface area contributed by atoms with Crippen LogP contribution in [0.2, 0.25) is 0 Å². The van der Waals surface area contributed by atoms with E-state index in [-0.39, 0.29) is 18.2 Å². The first kappa shape index (κ1) is 16.1. The van der Waals surface area contributed by atoms with Gasteiger partial charge in [-0.3, -0.25) is 9.59 Å². The van der Waals surface area contributed by atoms with E-state index in [1.807, 2.05) is 42.6 Å². The molecule has 0 saturated carbocycles. The number of hydrogen-bond donors (Lipinski definition) is 2. The average molecular weight is 346 g/mol. The van der Waals surface area contributed by atoms with E-state index >= 15 is 0 Å². The van der Waals surface area contributed by atoms with Crippen molar-refractivity contribution >= 4 is 17.5 Å². The average Bonchev–Trinajstić information content (AvgIpc) is 3.17. The van der Waals surface area contributed by atoms with Gasteiger partial charge in [0.1, 0.15) is 0 Å². The summed E-state index contributed by atoms with van der Waals surface area (Å²) in [5, 5.41) is 9.90. The molecule has 1 aliphatic rings. The van der Waals surface area contributed by atoms with Gasteiger partial charge in [0.2, 0.25) is 5.91 Å². The van der Waals surface area contributed by atoms with Crippen LogP contribution >= 0.6 is 0 Å². The van der Waals surface area contributed by atoms with Crippen LogP contribution < -0.4 is 10.6 Å². The van der Waals surface area contributed by atoms with Gasteiger partial charge < -0.3 is 10.6 Å². The van der Waals surface area contributed by atoms with E-state index in [0.717, 1.165) is 28.9 Å². The molecule has 1 aliphatic heterocycles. The lowest BCUT2D eigenvalue weighted by atomic mass is 9.99. The highest BCUT2D eigenvalue weighted by atomic mass is 16.2. The van der Waals surface area contributed by atoms with Crippen molar-refractivity contribution in [3.8, 4) is 5.69 Å². The Labute approximate surface area is 150 Å². The molecule has 0 spiro atoms. The summed E-state index contributed by atoms with van der Waals surface area (Å²) in [6.45, 7) is 0.631. The minimum absolute atomic E-state index is 0.0543. The number of carbonyl (C=O) groups is 2. The Kier molecular flexibility index (Phi) is 4.23. The Morgan fingerprint density at radius 1 is 1.19 bits per heavy atom. The standard InChI is InChI=1S/C20H18N4O2/c25-19(12-14-2-5-17(6-3-14)24-11-1-9-22-24)23-16-4-7-18-15(13-16)8-10-21-20(18)26/h1-7,9,11,13H,8,10,12H2,(H,21,26)(H,23,25). The van der Waals surface area contributed by atoms with Gasteiger partial charge in [-0.1, -0.05) is 12.1 Å². The van der Waals surface area contributed by atoms with E-state index in [2.05, 4.69) is 15.7 Å². The molecule has 0 saturated heterocycles. The molecule has 3 aromatic rings. The number of amides is 2. The Bertz CT molecular complexity index is 946. The number of rotatable bonds is 4. The number of hydrogen-bond acceptors (Lipinski definition) is 3. The number of benzene rings is 2. The van der Waals surface area contributed by atoms with Crippen LogP contribution in [0.25, 0.3) is 5.69 Å². The molecule has 2 aromatic carbocycles. The maximum absolute atomic E-state index is 12.3. The first-order chi connectivity index (χ1) is 12.7. The smallest absolute Gasteiger partial charge is 0.251 e. The number of carbonyl (C=O) groups excluding carboxylic acids is 2. The Morgan fingerprint density at radius 3 is 2.81 bits per heavy atom. The summed E-state index contributed by atoms with van der Waals surface area (Å²) >= 11 is 0. The molecule has 130 valence electrons. The second kappa shape index (κ2) is 6.84. The van der Waals surface area contributed by atoms with Gasteiger partial charge in [0, 0.05) is 30.2 Å². The highest BCUT2D eigenvalue weighted by Crippen LogP contribution is 2.19. The molecule has 0 aliphatic carbocycles. The van der Waals surface area contributed by atoms with Crippen molar-refractivity contribution in [3.63, 3.8) is 0 Å². The summed E-state index contributed by atoms with van der Waals surface area (Å²) in [5.74, 6) is -0.140. The van der Waals surface area contributed by atoms with E-state index < -0.39 is 0 Å². The third-order valence-electron chi connectivity index (χ3n) is 4.38. The molecule has 2 amide bonds. The molecule has 2 N–H and O–H groups in total. The van der Waals surface area contributed by atoms with Gasteiger partial charge in [0.15, 0.2) is 0 Å². The van der Waals surface area contributed by atoms with Gasteiger partial charge in [0.25, 0.3) is 5.91 Å². The topological polar surface area (TPSA) is 76.0 Å². The number of anilines is 1. The lowest BCUT2D eigenvalue weighted by Gasteiger charge is -2.17. The SMILES string of the molecule is O=C(Cc1ccc(-n2cccn2)cc1)Nc1ccc2c(c1)CCNC2=O. The monoisotopic (exact) mass is 346 g/mol. The molecular formula is C20H18N4O2. The normalized spacial score (nSPS) is 13.0. The molecule has 26 heavy (non-hydrogen) atoms. The fourth-order valence-corrected chi connectivity index (χ4v) is 3.08. The van der Waals surface area contributed by atoms with Crippen LogP contribution in [0.4, 0.5) is 5.69 Å². The second-order valence-corrected chi connectivity index (χ2v) is 6.22. The van der Waals surface area contributed by atoms with Crippen LogP contribution in [0.15, 0.2) is 60.9 Å². The minimum Gasteiger partial charge on any atom is -0.352 e. The molecule has 0 fully saturated rings. The Balaban J connectivity index is 1.42. The van der Waals surface area contributed by atoms with Gasteiger partial charge >= 0.3 is 0 Å². The van der Waals surface area contributed by atoms with Crippen LogP contribution in [-0.2, 0) is 17.6 Å². The van der Waals surface area contributed by atoms with Crippen molar-refractivity contribution in [1.82, 2.24) is 15.1 Å². The van der Waals surface area contributed by atoms with Gasteiger partial charge in [0.05, 0.1) is 12.1 Å². The molecule has 2 heterocycles. The number of nitrogens with one attached hydrogen (secondary N) is 2. The lowest BCUT2D eigenvalue weighted by Crippen LogP contribution is -2.31. The molecule has 0 atom stereocenters. The molecule has 0 bridgehead atoms. The zero-order valence-corrected chi connectivity index (χ0v) is 14.1.